The summed E-state index contributed by atoms with van der Waals surface area (Å²) >= 11 is 0. The van der Waals surface area contributed by atoms with Crippen LogP contribution in [0.3, 0.4) is 0 Å². The summed E-state index contributed by atoms with van der Waals surface area (Å²) in [7, 11) is 0. The second kappa shape index (κ2) is 7.08. The molecule has 1 aromatic heterocycles. The molecule has 5 rings (SSSR count). The molecule has 6 nitrogen and oxygen atoms in total. The summed E-state index contributed by atoms with van der Waals surface area (Å²) in [6.07, 6.45) is 10.2. The lowest BCUT2D eigenvalue weighted by molar-refractivity contribution is -0.138. The zero-order valence-electron chi connectivity index (χ0n) is 18.1. The number of hydrogen-bond acceptors (Lipinski definition) is 5. The lowest BCUT2D eigenvalue weighted by Crippen LogP contribution is -2.33. The molecule has 6 heteroatoms. The van der Waals surface area contributed by atoms with Crippen LogP contribution in [-0.4, -0.2) is 26.6 Å². The van der Waals surface area contributed by atoms with Gasteiger partial charge in [0, 0.05) is 12.0 Å². The number of aliphatic carboxylic acids is 1. The number of carbonyl (C=O) groups is 1. The summed E-state index contributed by atoms with van der Waals surface area (Å²) in [6.45, 7) is 4.11. The Morgan fingerprint density at radius 2 is 2.00 bits per heavy atom. The molecule has 162 valence electrons. The summed E-state index contributed by atoms with van der Waals surface area (Å²) < 4.78 is 6.19. The molecular weight excluding hydrogens is 390 g/mol. The monoisotopic (exact) mass is 419 g/mol. The molecule has 3 N–H and O–H groups in total. The van der Waals surface area contributed by atoms with Crippen molar-refractivity contribution < 1.29 is 14.6 Å². The molecule has 2 aliphatic carbocycles. The van der Waals surface area contributed by atoms with Crippen LogP contribution in [0.25, 0.3) is 11.6 Å². The molecule has 1 aliphatic heterocycles. The van der Waals surface area contributed by atoms with E-state index in [1.807, 2.05) is 0 Å². The third kappa shape index (κ3) is 3.38. The Balaban J connectivity index is 1.46. The molecule has 0 radical (unpaired) electrons. The van der Waals surface area contributed by atoms with Crippen LogP contribution >= 0.6 is 0 Å². The van der Waals surface area contributed by atoms with Gasteiger partial charge in [-0.05, 0) is 86.5 Å². The van der Waals surface area contributed by atoms with Gasteiger partial charge in [0.05, 0.1) is 5.56 Å². The zero-order valence-corrected chi connectivity index (χ0v) is 18.1. The second-order valence-corrected chi connectivity index (χ2v) is 9.84. The first-order valence-corrected chi connectivity index (χ1v) is 11.1. The van der Waals surface area contributed by atoms with E-state index in [9.17, 15) is 4.79 Å². The number of carboxylic acids is 1. The first kappa shape index (κ1) is 20.0. The molecule has 2 aromatic rings. The van der Waals surface area contributed by atoms with Crippen LogP contribution in [0.4, 0.5) is 5.82 Å². The summed E-state index contributed by atoms with van der Waals surface area (Å²) in [6, 6.07) is 6.82. The highest BCUT2D eigenvalue weighted by Gasteiger charge is 2.42. The first-order valence-electron chi connectivity index (χ1n) is 11.1. The van der Waals surface area contributed by atoms with E-state index in [1.165, 1.54) is 17.5 Å². The minimum Gasteiger partial charge on any atom is -0.481 e. The maximum absolute atomic E-state index is 11.1. The topological polar surface area (TPSA) is 98.3 Å². The number of fused-ring (bicyclic) bond motifs is 3. The predicted octanol–water partition coefficient (Wildman–Crippen LogP) is 4.62. The zero-order chi connectivity index (χ0) is 21.8. The number of hydrogen-bond donors (Lipinski definition) is 2. The van der Waals surface area contributed by atoms with E-state index in [2.05, 4.69) is 48.1 Å². The van der Waals surface area contributed by atoms with Crippen molar-refractivity contribution in [3.63, 3.8) is 0 Å². The van der Waals surface area contributed by atoms with Crippen LogP contribution < -0.4 is 10.5 Å². The van der Waals surface area contributed by atoms with Crippen molar-refractivity contribution in [2.45, 2.75) is 69.8 Å². The van der Waals surface area contributed by atoms with Gasteiger partial charge in [-0.1, -0.05) is 18.2 Å². The van der Waals surface area contributed by atoms with Crippen molar-refractivity contribution in [2.24, 2.45) is 5.92 Å². The standard InChI is InChI=1S/C25H29N3O3/c1-24(2)20(13-18-22(26)27-14-28-23(18)31-24)16-3-4-19-17(12-16)7-10-25(19)8-5-15(6-9-25)11-21(29)30/h3-4,12-15H,5-11H2,1-2H3,(H,29,30)(H2,26,27,28). The molecule has 31 heavy (non-hydrogen) atoms. The van der Waals surface area contributed by atoms with E-state index < -0.39 is 11.6 Å². The van der Waals surface area contributed by atoms with Gasteiger partial charge in [-0.25, -0.2) is 9.97 Å². The first-order chi connectivity index (χ1) is 14.8. The van der Waals surface area contributed by atoms with Gasteiger partial charge in [-0.3, -0.25) is 4.79 Å². The third-order valence-electron chi connectivity index (χ3n) is 7.55. The summed E-state index contributed by atoms with van der Waals surface area (Å²) in [4.78, 5) is 19.4. The van der Waals surface area contributed by atoms with Crippen LogP contribution in [0.15, 0.2) is 24.5 Å². The average Bonchev–Trinajstić information content (AvgIpc) is 3.06. The van der Waals surface area contributed by atoms with Crippen molar-refractivity contribution in [1.82, 2.24) is 9.97 Å². The summed E-state index contributed by atoms with van der Waals surface area (Å²) in [5, 5.41) is 9.12. The number of benzene rings is 1. The number of aryl methyl sites for hydroxylation is 1. The highest BCUT2D eigenvalue weighted by atomic mass is 16.5. The Bertz CT molecular complexity index is 1080. The smallest absolute Gasteiger partial charge is 0.303 e. The lowest BCUT2D eigenvalue weighted by atomic mass is 9.66. The molecular formula is C25H29N3O3. The summed E-state index contributed by atoms with van der Waals surface area (Å²) in [5.74, 6) is 0.607. The van der Waals surface area contributed by atoms with E-state index in [0.717, 1.165) is 55.2 Å². The second-order valence-electron chi connectivity index (χ2n) is 9.84. The molecule has 0 unspecified atom stereocenters. The number of carboxylic acid groups (broad SMARTS) is 1. The number of nitrogens with zero attached hydrogens (tertiary/aromatic N) is 2. The fraction of sp³-hybridized carbons (Fsp3) is 0.480. The highest BCUT2D eigenvalue weighted by Crippen LogP contribution is 2.51. The van der Waals surface area contributed by atoms with Crippen molar-refractivity contribution in [2.75, 3.05) is 5.73 Å². The minimum atomic E-state index is -0.671. The average molecular weight is 420 g/mol. The van der Waals surface area contributed by atoms with Gasteiger partial charge in [0.1, 0.15) is 17.7 Å². The Morgan fingerprint density at radius 3 is 2.74 bits per heavy atom. The van der Waals surface area contributed by atoms with Gasteiger partial charge in [-0.15, -0.1) is 0 Å². The van der Waals surface area contributed by atoms with Crippen molar-refractivity contribution >= 4 is 23.4 Å². The minimum absolute atomic E-state index is 0.223. The Kier molecular flexibility index (Phi) is 4.57. The molecule has 3 aliphatic rings. The maximum Gasteiger partial charge on any atom is 0.303 e. The van der Waals surface area contributed by atoms with Crippen LogP contribution in [-0.2, 0) is 16.6 Å². The van der Waals surface area contributed by atoms with Crippen LogP contribution in [0.1, 0.15) is 74.6 Å². The van der Waals surface area contributed by atoms with Crippen molar-refractivity contribution in [1.29, 1.82) is 0 Å². The molecule has 1 fully saturated rings. The van der Waals surface area contributed by atoms with E-state index >= 15 is 0 Å². The molecule has 0 bridgehead atoms. The fourth-order valence-corrected chi connectivity index (χ4v) is 5.85. The van der Waals surface area contributed by atoms with Crippen molar-refractivity contribution in [3.8, 4) is 5.88 Å². The third-order valence-corrected chi connectivity index (χ3v) is 7.55. The number of nitrogen functional groups attached to an aromatic ring is 1. The van der Waals surface area contributed by atoms with E-state index in [0.29, 0.717) is 24.0 Å². The Labute approximate surface area is 182 Å². The molecule has 0 amide bonds. The van der Waals surface area contributed by atoms with E-state index in [-0.39, 0.29) is 5.41 Å². The van der Waals surface area contributed by atoms with Gasteiger partial charge >= 0.3 is 5.97 Å². The molecule has 0 atom stereocenters. The quantitative estimate of drug-likeness (QED) is 0.753. The SMILES string of the molecule is CC1(C)Oc2ncnc(N)c2C=C1c1ccc2c(c1)CCC21CCC(CC(=O)O)CC1. The Morgan fingerprint density at radius 1 is 1.23 bits per heavy atom. The number of rotatable bonds is 3. The van der Waals surface area contributed by atoms with Gasteiger partial charge < -0.3 is 15.6 Å². The lowest BCUT2D eigenvalue weighted by Gasteiger charge is -2.38. The van der Waals surface area contributed by atoms with Gasteiger partial charge in [-0.2, -0.15) is 0 Å². The number of ether oxygens (including phenoxy) is 1. The van der Waals surface area contributed by atoms with Gasteiger partial charge in [0.15, 0.2) is 0 Å². The molecule has 0 saturated heterocycles. The molecule has 1 saturated carbocycles. The normalized spacial score (nSPS) is 26.0. The number of nitrogens with two attached hydrogens (primary N) is 1. The highest BCUT2D eigenvalue weighted by molar-refractivity contribution is 5.91. The molecule has 1 aromatic carbocycles. The summed E-state index contributed by atoms with van der Waals surface area (Å²) in [5.41, 5.74) is 11.6. The van der Waals surface area contributed by atoms with Crippen LogP contribution in [0.5, 0.6) is 5.88 Å². The van der Waals surface area contributed by atoms with Crippen LogP contribution in [0.2, 0.25) is 0 Å². The number of anilines is 1. The predicted molar refractivity (Wildman–Crippen MR) is 120 cm³/mol. The van der Waals surface area contributed by atoms with Crippen LogP contribution in [0, 0.1) is 5.92 Å². The maximum atomic E-state index is 11.1. The fourth-order valence-electron chi connectivity index (χ4n) is 5.85. The van der Waals surface area contributed by atoms with E-state index in [1.54, 1.807) is 0 Å². The molecule has 2 heterocycles. The van der Waals surface area contributed by atoms with Gasteiger partial charge in [0.2, 0.25) is 5.88 Å². The molecule has 1 spiro atoms. The number of aromatic nitrogens is 2. The Hall–Kier alpha value is -2.89. The van der Waals surface area contributed by atoms with E-state index in [4.69, 9.17) is 15.6 Å². The largest absolute Gasteiger partial charge is 0.481 e. The van der Waals surface area contributed by atoms with Gasteiger partial charge in [0.25, 0.3) is 0 Å². The van der Waals surface area contributed by atoms with Crippen molar-refractivity contribution in [3.05, 3.63) is 46.8 Å².